The van der Waals surface area contributed by atoms with E-state index in [2.05, 4.69) is 16.0 Å². The van der Waals surface area contributed by atoms with Gasteiger partial charge in [0.2, 0.25) is 0 Å². The van der Waals surface area contributed by atoms with Gasteiger partial charge in [0.15, 0.2) is 0 Å². The van der Waals surface area contributed by atoms with Crippen LogP contribution < -0.4 is 16.0 Å². The lowest BCUT2D eigenvalue weighted by molar-refractivity contribution is 0.0951. The van der Waals surface area contributed by atoms with Crippen LogP contribution in [0.5, 0.6) is 0 Å². The standard InChI is InChI=1S/C31H24N4O4/c36-29(34-26-12-6-7-13-27(26)35-31(38)39)22-16-14-20(15-17-22)19-32-30(37)24-18-28(21-8-2-1-3-9-21)33-25-11-5-4-10-23(24)25/h1-18,35H,19H2,(H,32,37)(H,34,36)(H,38,39). The average molecular weight is 517 g/mol. The van der Waals surface area contributed by atoms with Gasteiger partial charge in [0, 0.05) is 23.1 Å². The molecule has 0 bridgehead atoms. The molecule has 192 valence electrons. The van der Waals surface area contributed by atoms with Crippen LogP contribution in [0.2, 0.25) is 0 Å². The maximum atomic E-state index is 13.3. The topological polar surface area (TPSA) is 120 Å². The molecule has 0 fully saturated rings. The number of pyridine rings is 1. The first-order valence-corrected chi connectivity index (χ1v) is 12.2. The van der Waals surface area contributed by atoms with E-state index >= 15 is 0 Å². The predicted molar refractivity (Wildman–Crippen MR) is 151 cm³/mol. The van der Waals surface area contributed by atoms with Crippen LogP contribution in [-0.4, -0.2) is 28.0 Å². The summed E-state index contributed by atoms with van der Waals surface area (Å²) in [5.74, 6) is -0.614. The largest absolute Gasteiger partial charge is 0.465 e. The highest BCUT2D eigenvalue weighted by Crippen LogP contribution is 2.25. The number of nitrogens with one attached hydrogen (secondary N) is 3. The number of para-hydroxylation sites is 3. The van der Waals surface area contributed by atoms with Crippen LogP contribution in [0.3, 0.4) is 0 Å². The van der Waals surface area contributed by atoms with Gasteiger partial charge in [-0.25, -0.2) is 9.78 Å². The second kappa shape index (κ2) is 11.3. The molecule has 1 heterocycles. The second-order valence-electron chi connectivity index (χ2n) is 8.75. The number of carbonyl (C=O) groups is 3. The van der Waals surface area contributed by atoms with Gasteiger partial charge in [0.05, 0.1) is 28.1 Å². The Hall–Kier alpha value is -5.50. The van der Waals surface area contributed by atoms with E-state index in [-0.39, 0.29) is 24.0 Å². The normalized spacial score (nSPS) is 10.6. The molecular weight excluding hydrogens is 492 g/mol. The highest BCUT2D eigenvalue weighted by molar-refractivity contribution is 6.08. The van der Waals surface area contributed by atoms with Gasteiger partial charge in [-0.1, -0.05) is 72.8 Å². The van der Waals surface area contributed by atoms with Crippen molar-refractivity contribution in [3.63, 3.8) is 0 Å². The number of amides is 3. The zero-order valence-electron chi connectivity index (χ0n) is 20.7. The molecule has 0 aliphatic rings. The van der Waals surface area contributed by atoms with Crippen LogP contribution in [0, 0.1) is 0 Å². The van der Waals surface area contributed by atoms with Gasteiger partial charge in [-0.3, -0.25) is 14.9 Å². The summed E-state index contributed by atoms with van der Waals surface area (Å²) >= 11 is 0. The molecule has 1 aromatic heterocycles. The van der Waals surface area contributed by atoms with Crippen LogP contribution in [-0.2, 0) is 6.54 Å². The number of fused-ring (bicyclic) bond motifs is 1. The number of aromatic nitrogens is 1. The lowest BCUT2D eigenvalue weighted by Gasteiger charge is -2.12. The van der Waals surface area contributed by atoms with Crippen molar-refractivity contribution in [1.82, 2.24) is 10.3 Å². The molecule has 0 aliphatic heterocycles. The Balaban J connectivity index is 1.29. The molecule has 0 unspecified atom stereocenters. The molecule has 5 aromatic rings. The van der Waals surface area contributed by atoms with Gasteiger partial charge in [-0.2, -0.15) is 0 Å². The monoisotopic (exact) mass is 516 g/mol. The fourth-order valence-corrected chi connectivity index (χ4v) is 4.18. The Morgan fingerprint density at radius 2 is 1.33 bits per heavy atom. The fourth-order valence-electron chi connectivity index (χ4n) is 4.18. The van der Waals surface area contributed by atoms with Crippen molar-refractivity contribution in [3.8, 4) is 11.3 Å². The summed E-state index contributed by atoms with van der Waals surface area (Å²) in [4.78, 5) is 41.7. The van der Waals surface area contributed by atoms with E-state index in [1.165, 1.54) is 0 Å². The van der Waals surface area contributed by atoms with E-state index in [0.29, 0.717) is 16.8 Å². The first-order valence-electron chi connectivity index (χ1n) is 12.2. The summed E-state index contributed by atoms with van der Waals surface area (Å²) < 4.78 is 0. The molecule has 8 heteroatoms. The van der Waals surface area contributed by atoms with E-state index in [1.807, 2.05) is 54.6 Å². The molecule has 0 atom stereocenters. The molecule has 0 aliphatic carbocycles. The molecule has 0 radical (unpaired) electrons. The van der Waals surface area contributed by atoms with Gasteiger partial charge >= 0.3 is 6.09 Å². The van der Waals surface area contributed by atoms with E-state index in [0.717, 1.165) is 27.7 Å². The van der Waals surface area contributed by atoms with Crippen molar-refractivity contribution < 1.29 is 19.5 Å². The smallest absolute Gasteiger partial charge is 0.409 e. The fraction of sp³-hybridized carbons (Fsp3) is 0.0323. The average Bonchev–Trinajstić information content (AvgIpc) is 2.96. The number of carboxylic acid groups (broad SMARTS) is 1. The molecule has 39 heavy (non-hydrogen) atoms. The molecule has 0 saturated carbocycles. The third-order valence-electron chi connectivity index (χ3n) is 6.12. The molecule has 8 nitrogen and oxygen atoms in total. The second-order valence-corrected chi connectivity index (χ2v) is 8.75. The molecule has 4 N–H and O–H groups in total. The van der Waals surface area contributed by atoms with Crippen molar-refractivity contribution in [2.24, 2.45) is 0 Å². The van der Waals surface area contributed by atoms with Gasteiger partial charge in [-0.05, 0) is 42.0 Å². The summed E-state index contributed by atoms with van der Waals surface area (Å²) in [7, 11) is 0. The Morgan fingerprint density at radius 1 is 0.692 bits per heavy atom. The minimum absolute atomic E-state index is 0.227. The maximum absolute atomic E-state index is 13.3. The zero-order chi connectivity index (χ0) is 27.2. The first kappa shape index (κ1) is 25.2. The molecule has 3 amide bonds. The molecule has 0 saturated heterocycles. The summed E-state index contributed by atoms with van der Waals surface area (Å²) in [6.07, 6.45) is -1.22. The number of benzene rings is 4. The van der Waals surface area contributed by atoms with E-state index < -0.39 is 6.09 Å². The van der Waals surface area contributed by atoms with Gasteiger partial charge < -0.3 is 15.7 Å². The number of nitrogens with zero attached hydrogens (tertiary/aromatic N) is 1. The number of anilines is 2. The number of rotatable bonds is 7. The van der Waals surface area contributed by atoms with Crippen LogP contribution in [0.4, 0.5) is 16.2 Å². The third-order valence-corrected chi connectivity index (χ3v) is 6.12. The Kier molecular flexibility index (Phi) is 7.27. The molecule has 0 spiro atoms. The lowest BCUT2D eigenvalue weighted by Crippen LogP contribution is -2.23. The highest BCUT2D eigenvalue weighted by Gasteiger charge is 2.15. The zero-order valence-corrected chi connectivity index (χ0v) is 20.7. The maximum Gasteiger partial charge on any atom is 0.409 e. The van der Waals surface area contributed by atoms with Crippen molar-refractivity contribution >= 4 is 40.2 Å². The molecule has 4 aromatic carbocycles. The van der Waals surface area contributed by atoms with Crippen LogP contribution in [0.25, 0.3) is 22.2 Å². The lowest BCUT2D eigenvalue weighted by atomic mass is 10.0. The Labute approximate surface area is 224 Å². The van der Waals surface area contributed by atoms with Gasteiger partial charge in [0.25, 0.3) is 11.8 Å². The summed E-state index contributed by atoms with van der Waals surface area (Å²) in [5, 5.41) is 17.7. The van der Waals surface area contributed by atoms with E-state index in [9.17, 15) is 14.4 Å². The Bertz CT molecular complexity index is 1670. The summed E-state index contributed by atoms with van der Waals surface area (Å²) in [6, 6.07) is 32.4. The summed E-state index contributed by atoms with van der Waals surface area (Å²) in [6.45, 7) is 0.267. The van der Waals surface area contributed by atoms with Crippen molar-refractivity contribution in [2.75, 3.05) is 10.6 Å². The van der Waals surface area contributed by atoms with Crippen molar-refractivity contribution in [3.05, 3.63) is 126 Å². The van der Waals surface area contributed by atoms with Crippen LogP contribution in [0.15, 0.2) is 109 Å². The number of carbonyl (C=O) groups excluding carboxylic acids is 2. The molecule has 5 rings (SSSR count). The van der Waals surface area contributed by atoms with E-state index in [4.69, 9.17) is 10.1 Å². The predicted octanol–water partition coefficient (Wildman–Crippen LogP) is 6.17. The van der Waals surface area contributed by atoms with Crippen LogP contribution >= 0.6 is 0 Å². The number of hydrogen-bond acceptors (Lipinski definition) is 4. The van der Waals surface area contributed by atoms with Crippen LogP contribution in [0.1, 0.15) is 26.3 Å². The SMILES string of the molecule is O=C(O)Nc1ccccc1NC(=O)c1ccc(CNC(=O)c2cc(-c3ccccc3)nc3ccccc23)cc1. The van der Waals surface area contributed by atoms with Gasteiger partial charge in [-0.15, -0.1) is 0 Å². The van der Waals surface area contributed by atoms with E-state index in [1.54, 1.807) is 54.6 Å². The first-order chi connectivity index (χ1) is 19.0. The minimum Gasteiger partial charge on any atom is -0.465 e. The molecular formula is C31H24N4O4. The van der Waals surface area contributed by atoms with Gasteiger partial charge in [0.1, 0.15) is 0 Å². The quantitative estimate of drug-likeness (QED) is 0.206. The number of hydrogen-bond donors (Lipinski definition) is 4. The minimum atomic E-state index is -1.22. The Morgan fingerprint density at radius 3 is 2.05 bits per heavy atom. The van der Waals surface area contributed by atoms with Crippen molar-refractivity contribution in [1.29, 1.82) is 0 Å². The highest BCUT2D eigenvalue weighted by atomic mass is 16.4. The van der Waals surface area contributed by atoms with Crippen molar-refractivity contribution in [2.45, 2.75) is 6.54 Å². The summed E-state index contributed by atoms with van der Waals surface area (Å²) in [5.41, 5.74) is 4.74. The third kappa shape index (κ3) is 5.91.